The highest BCUT2D eigenvalue weighted by atomic mass is 79.9. The van der Waals surface area contributed by atoms with Crippen LogP contribution in [-0.2, 0) is 0 Å². The van der Waals surface area contributed by atoms with E-state index in [0.29, 0.717) is 5.82 Å². The van der Waals surface area contributed by atoms with E-state index in [0.717, 1.165) is 10.0 Å². The van der Waals surface area contributed by atoms with Crippen LogP contribution >= 0.6 is 15.9 Å². The van der Waals surface area contributed by atoms with Crippen molar-refractivity contribution in [1.82, 2.24) is 4.98 Å². The number of aromatic hydroxyl groups is 1. The van der Waals surface area contributed by atoms with Crippen LogP contribution in [0.2, 0.25) is 0 Å². The third-order valence-corrected chi connectivity index (χ3v) is 2.85. The molecule has 1 heterocycles. The molecule has 0 aliphatic heterocycles. The normalized spacial score (nSPS) is 10.1. The maximum absolute atomic E-state index is 12.0. The highest BCUT2D eigenvalue weighted by Gasteiger charge is 2.12. The molecular weight excluding hydrogens is 296 g/mol. The lowest BCUT2D eigenvalue weighted by atomic mass is 10.1. The number of phenolic OH excluding ortho intramolecular Hbond substituents is 1. The molecule has 1 aromatic carbocycles. The van der Waals surface area contributed by atoms with Crippen LogP contribution in [0.1, 0.15) is 15.9 Å². The second kappa shape index (κ2) is 5.18. The van der Waals surface area contributed by atoms with E-state index in [1.807, 2.05) is 6.92 Å². The lowest BCUT2D eigenvalue weighted by Gasteiger charge is -2.07. The Morgan fingerprint density at radius 2 is 2.11 bits per heavy atom. The van der Waals surface area contributed by atoms with Crippen LogP contribution in [-0.4, -0.2) is 16.0 Å². The van der Waals surface area contributed by atoms with Crippen molar-refractivity contribution in [2.45, 2.75) is 6.92 Å². The topological polar surface area (TPSA) is 62.2 Å². The standard InChI is InChI=1S/C13H11BrN2O2/c1-8-2-3-11(17)10(6-8)13(18)16-12-7-9(14)4-5-15-12/h2-7,17H,1H3,(H,15,16,18). The zero-order chi connectivity index (χ0) is 13.1. The number of nitrogens with one attached hydrogen (secondary N) is 1. The number of pyridine rings is 1. The Hall–Kier alpha value is -1.88. The molecule has 5 heteroatoms. The van der Waals surface area contributed by atoms with E-state index in [-0.39, 0.29) is 17.2 Å². The van der Waals surface area contributed by atoms with Gasteiger partial charge in [0.2, 0.25) is 0 Å². The van der Waals surface area contributed by atoms with Gasteiger partial charge in [0.1, 0.15) is 11.6 Å². The molecule has 2 rings (SSSR count). The van der Waals surface area contributed by atoms with Gasteiger partial charge in [-0.25, -0.2) is 4.98 Å². The maximum atomic E-state index is 12.0. The quantitative estimate of drug-likeness (QED) is 0.896. The summed E-state index contributed by atoms with van der Waals surface area (Å²) in [5.74, 6) is -0.00909. The number of nitrogens with zero attached hydrogens (tertiary/aromatic N) is 1. The Kier molecular flexibility index (Phi) is 3.62. The van der Waals surface area contributed by atoms with Gasteiger partial charge in [0.15, 0.2) is 0 Å². The second-order valence-electron chi connectivity index (χ2n) is 3.83. The zero-order valence-electron chi connectivity index (χ0n) is 9.64. The molecule has 0 aliphatic carbocycles. The number of anilines is 1. The minimum Gasteiger partial charge on any atom is -0.507 e. The highest BCUT2D eigenvalue weighted by Crippen LogP contribution is 2.20. The van der Waals surface area contributed by atoms with Gasteiger partial charge < -0.3 is 10.4 Å². The largest absolute Gasteiger partial charge is 0.507 e. The summed E-state index contributed by atoms with van der Waals surface area (Å²) in [6, 6.07) is 8.31. The fraction of sp³-hybridized carbons (Fsp3) is 0.0769. The van der Waals surface area contributed by atoms with Crippen molar-refractivity contribution in [3.63, 3.8) is 0 Å². The first kappa shape index (κ1) is 12.6. The summed E-state index contributed by atoms with van der Waals surface area (Å²) < 4.78 is 0.821. The summed E-state index contributed by atoms with van der Waals surface area (Å²) in [5, 5.41) is 12.3. The summed E-state index contributed by atoms with van der Waals surface area (Å²) in [7, 11) is 0. The van der Waals surface area contributed by atoms with Gasteiger partial charge in [-0.15, -0.1) is 0 Å². The molecular formula is C13H11BrN2O2. The molecule has 0 bridgehead atoms. The number of aromatic nitrogens is 1. The van der Waals surface area contributed by atoms with Crippen LogP contribution in [0, 0.1) is 6.92 Å². The minimum atomic E-state index is -0.387. The summed E-state index contributed by atoms with van der Waals surface area (Å²) in [5.41, 5.74) is 1.14. The number of phenols is 1. The van der Waals surface area contributed by atoms with Crippen LogP contribution in [0.4, 0.5) is 5.82 Å². The average Bonchev–Trinajstić information content (AvgIpc) is 2.32. The SMILES string of the molecule is Cc1ccc(O)c(C(=O)Nc2cc(Br)ccn2)c1. The fourth-order valence-corrected chi connectivity index (χ4v) is 1.82. The molecule has 18 heavy (non-hydrogen) atoms. The predicted molar refractivity (Wildman–Crippen MR) is 72.7 cm³/mol. The van der Waals surface area contributed by atoms with Crippen molar-refractivity contribution in [2.75, 3.05) is 5.32 Å². The number of carbonyl (C=O) groups excluding carboxylic acids is 1. The molecule has 1 amide bonds. The number of hydrogen-bond donors (Lipinski definition) is 2. The predicted octanol–water partition coefficient (Wildman–Crippen LogP) is 3.11. The molecule has 0 saturated heterocycles. The number of hydrogen-bond acceptors (Lipinski definition) is 3. The van der Waals surface area contributed by atoms with Crippen molar-refractivity contribution < 1.29 is 9.90 Å². The van der Waals surface area contributed by atoms with Crippen molar-refractivity contribution in [2.24, 2.45) is 0 Å². The van der Waals surface area contributed by atoms with Crippen LogP contribution in [0.5, 0.6) is 5.75 Å². The number of carbonyl (C=O) groups is 1. The Morgan fingerprint density at radius 1 is 1.33 bits per heavy atom. The average molecular weight is 307 g/mol. The summed E-state index contributed by atoms with van der Waals surface area (Å²) in [4.78, 5) is 16.0. The third kappa shape index (κ3) is 2.87. The molecule has 0 fully saturated rings. The van der Waals surface area contributed by atoms with E-state index in [2.05, 4.69) is 26.2 Å². The number of benzene rings is 1. The van der Waals surface area contributed by atoms with Gasteiger partial charge in [0.05, 0.1) is 5.56 Å². The minimum absolute atomic E-state index is 0.0481. The first-order chi connectivity index (χ1) is 8.56. The van der Waals surface area contributed by atoms with Gasteiger partial charge in [-0.2, -0.15) is 0 Å². The molecule has 0 saturated carbocycles. The van der Waals surface area contributed by atoms with Crippen molar-refractivity contribution in [1.29, 1.82) is 0 Å². The number of rotatable bonds is 2. The van der Waals surface area contributed by atoms with E-state index in [9.17, 15) is 9.90 Å². The van der Waals surface area contributed by atoms with Crippen LogP contribution in [0.3, 0.4) is 0 Å². The smallest absolute Gasteiger partial charge is 0.260 e. The van der Waals surface area contributed by atoms with Gasteiger partial charge in [-0.1, -0.05) is 27.6 Å². The molecule has 0 spiro atoms. The first-order valence-electron chi connectivity index (χ1n) is 5.29. The van der Waals surface area contributed by atoms with Crippen molar-refractivity contribution in [3.05, 3.63) is 52.1 Å². The summed E-state index contributed by atoms with van der Waals surface area (Å²) >= 11 is 3.29. The van der Waals surface area contributed by atoms with Crippen LogP contribution < -0.4 is 5.32 Å². The molecule has 0 unspecified atom stereocenters. The fourth-order valence-electron chi connectivity index (χ4n) is 1.49. The van der Waals surface area contributed by atoms with Crippen molar-refractivity contribution >= 4 is 27.7 Å². The van der Waals surface area contributed by atoms with Crippen molar-refractivity contribution in [3.8, 4) is 5.75 Å². The third-order valence-electron chi connectivity index (χ3n) is 2.36. The Labute approximate surface area is 113 Å². The molecule has 2 N–H and O–H groups in total. The van der Waals surface area contributed by atoms with Gasteiger partial charge in [-0.3, -0.25) is 4.79 Å². The van der Waals surface area contributed by atoms with E-state index in [4.69, 9.17) is 0 Å². The molecule has 0 radical (unpaired) electrons. The summed E-state index contributed by atoms with van der Waals surface area (Å²) in [6.45, 7) is 1.85. The Balaban J connectivity index is 2.24. The molecule has 92 valence electrons. The Bertz CT molecular complexity index is 599. The molecule has 0 atom stereocenters. The molecule has 0 aliphatic rings. The second-order valence-corrected chi connectivity index (χ2v) is 4.75. The van der Waals surface area contributed by atoms with E-state index < -0.39 is 0 Å². The monoisotopic (exact) mass is 306 g/mol. The number of amides is 1. The Morgan fingerprint density at radius 3 is 2.83 bits per heavy atom. The van der Waals surface area contributed by atoms with Crippen LogP contribution in [0.25, 0.3) is 0 Å². The van der Waals surface area contributed by atoms with Gasteiger partial charge in [0.25, 0.3) is 5.91 Å². The lowest BCUT2D eigenvalue weighted by Crippen LogP contribution is -2.13. The van der Waals surface area contributed by atoms with Gasteiger partial charge >= 0.3 is 0 Å². The molecule has 2 aromatic rings. The van der Waals surface area contributed by atoms with E-state index in [1.54, 1.807) is 30.5 Å². The van der Waals surface area contributed by atoms with Crippen LogP contribution in [0.15, 0.2) is 41.0 Å². The van der Waals surface area contributed by atoms with E-state index >= 15 is 0 Å². The van der Waals surface area contributed by atoms with E-state index in [1.165, 1.54) is 6.07 Å². The summed E-state index contributed by atoms with van der Waals surface area (Å²) in [6.07, 6.45) is 1.58. The molecule has 1 aromatic heterocycles. The number of halogens is 1. The first-order valence-corrected chi connectivity index (χ1v) is 6.08. The highest BCUT2D eigenvalue weighted by molar-refractivity contribution is 9.10. The molecule has 4 nitrogen and oxygen atoms in total. The zero-order valence-corrected chi connectivity index (χ0v) is 11.2. The maximum Gasteiger partial charge on any atom is 0.260 e. The van der Waals surface area contributed by atoms with Gasteiger partial charge in [0, 0.05) is 10.7 Å². The number of aryl methyl sites for hydroxylation is 1. The lowest BCUT2D eigenvalue weighted by molar-refractivity contribution is 0.102. The van der Waals surface area contributed by atoms with Gasteiger partial charge in [-0.05, 0) is 31.2 Å².